The van der Waals surface area contributed by atoms with Crippen molar-refractivity contribution < 1.29 is 4.79 Å². The Kier molecular flexibility index (Phi) is 7.40. The van der Waals surface area contributed by atoms with Gasteiger partial charge in [0.15, 0.2) is 10.3 Å². The van der Waals surface area contributed by atoms with Crippen LogP contribution < -0.4 is 10.6 Å². The van der Waals surface area contributed by atoms with Crippen molar-refractivity contribution in [3.05, 3.63) is 79.6 Å². The fourth-order valence-corrected chi connectivity index (χ4v) is 5.54. The van der Waals surface area contributed by atoms with Crippen LogP contribution in [-0.4, -0.2) is 15.8 Å². The summed E-state index contributed by atoms with van der Waals surface area (Å²) < 4.78 is 1.95. The first-order chi connectivity index (χ1) is 15.4. The van der Waals surface area contributed by atoms with Gasteiger partial charge in [0.1, 0.15) is 5.78 Å². The number of anilines is 4. The first kappa shape index (κ1) is 23.1. The van der Waals surface area contributed by atoms with Crippen molar-refractivity contribution in [1.82, 2.24) is 9.97 Å². The van der Waals surface area contributed by atoms with Gasteiger partial charge in [-0.15, -0.1) is 0 Å². The molecule has 2 aromatic carbocycles. The first-order valence-electron chi connectivity index (χ1n) is 9.89. The van der Waals surface area contributed by atoms with Crippen molar-refractivity contribution in [1.29, 1.82) is 0 Å². The molecule has 2 heterocycles. The van der Waals surface area contributed by atoms with Gasteiger partial charge in [0.05, 0.1) is 20.0 Å². The van der Waals surface area contributed by atoms with E-state index < -0.39 is 0 Å². The number of thiazole rings is 2. The molecule has 0 amide bonds. The Morgan fingerprint density at radius 3 is 1.44 bits per heavy atom. The molecule has 0 aliphatic rings. The van der Waals surface area contributed by atoms with E-state index in [2.05, 4.69) is 52.5 Å². The number of carbonyl (C=O) groups is 1. The molecule has 4 aromatic rings. The highest BCUT2D eigenvalue weighted by atomic mass is 79.9. The van der Waals surface area contributed by atoms with Crippen molar-refractivity contribution in [3.63, 3.8) is 0 Å². The zero-order valence-corrected chi connectivity index (χ0v) is 22.1. The zero-order chi connectivity index (χ0) is 22.7. The minimum atomic E-state index is -0.196. The number of nitrogens with zero attached hydrogens (tertiary/aromatic N) is 2. The van der Waals surface area contributed by atoms with E-state index in [1.807, 2.05) is 62.4 Å². The molecule has 4 rings (SSSR count). The number of nitrogens with one attached hydrogen (secondary N) is 2. The van der Waals surface area contributed by atoms with Gasteiger partial charge in [0.2, 0.25) is 0 Å². The van der Waals surface area contributed by atoms with E-state index >= 15 is 0 Å². The second-order valence-electron chi connectivity index (χ2n) is 7.28. The molecule has 2 atom stereocenters. The highest BCUT2D eigenvalue weighted by Crippen LogP contribution is 2.31. The number of carbonyl (C=O) groups excluding carboxylic acids is 1. The normalized spacial score (nSPS) is 12.9. The quantitative estimate of drug-likeness (QED) is 0.217. The standard InChI is InChI=1S/C23H20Br2N4OS2/c1-13(15-3-7-17(8-4-15)28-22-26-11-19(24)31-22)21(30)14(2)16-5-9-18(10-6-16)29-23-27-12-20(25)32-23/h3-14H,1-2H3,(H,26,28)(H,27,29). The van der Waals surface area contributed by atoms with Gasteiger partial charge in [-0.3, -0.25) is 4.79 Å². The van der Waals surface area contributed by atoms with E-state index in [9.17, 15) is 4.79 Å². The molecule has 0 radical (unpaired) electrons. The van der Waals surface area contributed by atoms with Gasteiger partial charge in [-0.05, 0) is 67.3 Å². The van der Waals surface area contributed by atoms with Gasteiger partial charge in [0, 0.05) is 23.2 Å². The van der Waals surface area contributed by atoms with E-state index in [0.29, 0.717) is 0 Å². The third kappa shape index (κ3) is 5.64. The number of halogens is 2. The second-order valence-corrected chi connectivity index (χ2v) is 12.1. The maximum Gasteiger partial charge on any atom is 0.188 e. The number of rotatable bonds is 8. The third-order valence-corrected chi connectivity index (χ3v) is 7.92. The van der Waals surface area contributed by atoms with Crippen molar-refractivity contribution in [3.8, 4) is 0 Å². The monoisotopic (exact) mass is 590 g/mol. The molecule has 2 unspecified atom stereocenters. The average Bonchev–Trinajstić information content (AvgIpc) is 3.40. The second kappa shape index (κ2) is 10.2. The van der Waals surface area contributed by atoms with E-state index in [0.717, 1.165) is 40.3 Å². The number of ketones is 1. The summed E-state index contributed by atoms with van der Waals surface area (Å²) in [5.74, 6) is -0.198. The van der Waals surface area contributed by atoms with Crippen molar-refractivity contribution in [2.45, 2.75) is 25.7 Å². The van der Waals surface area contributed by atoms with E-state index in [4.69, 9.17) is 0 Å². The largest absolute Gasteiger partial charge is 0.332 e. The lowest BCUT2D eigenvalue weighted by Gasteiger charge is -2.18. The predicted octanol–water partition coefficient (Wildman–Crippen LogP) is 8.09. The summed E-state index contributed by atoms with van der Waals surface area (Å²) in [5.41, 5.74) is 3.89. The number of Topliss-reactive ketones (excluding diaryl/α,β-unsaturated/α-hetero) is 1. The van der Waals surface area contributed by atoms with E-state index in [-0.39, 0.29) is 17.6 Å². The number of benzene rings is 2. The lowest BCUT2D eigenvalue weighted by atomic mass is 9.86. The average molecular weight is 592 g/mol. The summed E-state index contributed by atoms with van der Waals surface area (Å²) in [6.07, 6.45) is 3.54. The molecule has 0 saturated heterocycles. The van der Waals surface area contributed by atoms with Gasteiger partial charge < -0.3 is 10.6 Å². The molecular formula is C23H20Br2N4OS2. The van der Waals surface area contributed by atoms with Crippen molar-refractivity contribution >= 4 is 82.0 Å². The van der Waals surface area contributed by atoms with Crippen LogP contribution in [-0.2, 0) is 4.79 Å². The SMILES string of the molecule is CC(C(=O)C(C)c1ccc(Nc2ncc(Br)s2)cc1)c1ccc(Nc2ncc(Br)s2)cc1. The summed E-state index contributed by atoms with van der Waals surface area (Å²) in [6, 6.07) is 15.9. The molecule has 0 bridgehead atoms. The van der Waals surface area contributed by atoms with Crippen LogP contribution in [0.25, 0.3) is 0 Å². The third-order valence-electron chi connectivity index (χ3n) is 5.13. The molecule has 9 heteroatoms. The Hall–Kier alpha value is -2.07. The fraction of sp³-hybridized carbons (Fsp3) is 0.174. The van der Waals surface area contributed by atoms with Crippen LogP contribution in [0.1, 0.15) is 36.8 Å². The molecule has 2 N–H and O–H groups in total. The number of hydrogen-bond acceptors (Lipinski definition) is 7. The highest BCUT2D eigenvalue weighted by Gasteiger charge is 2.23. The Bertz CT molecular complexity index is 1110. The lowest BCUT2D eigenvalue weighted by molar-refractivity contribution is -0.121. The molecule has 164 valence electrons. The van der Waals surface area contributed by atoms with Crippen LogP contribution in [0, 0.1) is 0 Å². The lowest BCUT2D eigenvalue weighted by Crippen LogP contribution is -2.16. The Balaban J connectivity index is 1.39. The van der Waals surface area contributed by atoms with Crippen molar-refractivity contribution in [2.24, 2.45) is 0 Å². The van der Waals surface area contributed by atoms with E-state index in [1.54, 1.807) is 12.4 Å². The molecule has 32 heavy (non-hydrogen) atoms. The van der Waals surface area contributed by atoms with Gasteiger partial charge >= 0.3 is 0 Å². The van der Waals surface area contributed by atoms with Gasteiger partial charge in [-0.25, -0.2) is 9.97 Å². The minimum Gasteiger partial charge on any atom is -0.332 e. The predicted molar refractivity (Wildman–Crippen MR) is 141 cm³/mol. The highest BCUT2D eigenvalue weighted by molar-refractivity contribution is 9.11. The number of hydrogen-bond donors (Lipinski definition) is 2. The molecule has 0 aliphatic heterocycles. The summed E-state index contributed by atoms with van der Waals surface area (Å²) in [5, 5.41) is 8.19. The Morgan fingerprint density at radius 1 is 0.750 bits per heavy atom. The molecule has 0 saturated carbocycles. The molecule has 0 fully saturated rings. The smallest absolute Gasteiger partial charge is 0.188 e. The summed E-state index contributed by atoms with van der Waals surface area (Å²) in [7, 11) is 0. The first-order valence-corrected chi connectivity index (χ1v) is 13.1. The fourth-order valence-electron chi connectivity index (χ4n) is 3.29. The topological polar surface area (TPSA) is 66.9 Å². The molecular weight excluding hydrogens is 572 g/mol. The van der Waals surface area contributed by atoms with Crippen LogP contribution in [0.4, 0.5) is 21.6 Å². The summed E-state index contributed by atoms with van der Waals surface area (Å²) >= 11 is 9.90. The minimum absolute atomic E-state index is 0.194. The molecule has 2 aromatic heterocycles. The maximum absolute atomic E-state index is 13.1. The van der Waals surface area contributed by atoms with Crippen LogP contribution in [0.2, 0.25) is 0 Å². The van der Waals surface area contributed by atoms with E-state index in [1.165, 1.54) is 22.7 Å². The molecule has 5 nitrogen and oxygen atoms in total. The number of aromatic nitrogens is 2. The Morgan fingerprint density at radius 2 is 1.12 bits per heavy atom. The van der Waals surface area contributed by atoms with Gasteiger partial charge in [0.25, 0.3) is 0 Å². The van der Waals surface area contributed by atoms with Gasteiger partial charge in [-0.1, -0.05) is 60.8 Å². The Labute approximate surface area is 211 Å². The van der Waals surface area contributed by atoms with Crippen molar-refractivity contribution in [2.75, 3.05) is 10.6 Å². The van der Waals surface area contributed by atoms with Crippen LogP contribution in [0.15, 0.2) is 68.5 Å². The van der Waals surface area contributed by atoms with Gasteiger partial charge in [-0.2, -0.15) is 0 Å². The van der Waals surface area contributed by atoms with Crippen LogP contribution >= 0.6 is 54.5 Å². The molecule has 0 aliphatic carbocycles. The zero-order valence-electron chi connectivity index (χ0n) is 17.3. The molecule has 0 spiro atoms. The maximum atomic E-state index is 13.1. The summed E-state index contributed by atoms with van der Waals surface area (Å²) in [6.45, 7) is 3.94. The summed E-state index contributed by atoms with van der Waals surface area (Å²) in [4.78, 5) is 21.7. The van der Waals surface area contributed by atoms with Crippen LogP contribution in [0.3, 0.4) is 0 Å². The van der Waals surface area contributed by atoms with Crippen LogP contribution in [0.5, 0.6) is 0 Å².